The molecule has 4 saturated heterocycles. The van der Waals surface area contributed by atoms with E-state index in [-0.39, 0.29) is 66.7 Å². The fourth-order valence-corrected chi connectivity index (χ4v) is 11.6. The minimum Gasteiger partial charge on any atom is -0.444 e. The zero-order chi connectivity index (χ0) is 72.9. The molecule has 536 valence electrons. The Balaban J connectivity index is 0.000000161. The van der Waals surface area contributed by atoms with Gasteiger partial charge in [-0.1, -0.05) is 22.0 Å². The SMILES string of the molecule is CC(C)(C)OC(=O)NC1CN(c2ccc(C(F)(F)F)c3ncccc23)CC1F.CC(C)(C)OC(=O)NC1CNCC1F.FC(F)(F)c1ccc(Br)c2cccnc12.NC1CN(c2ccc(C(F)(F)F)c3ncccc23)CC1F.NC1CN(c2ccc(C(F)(F)F)c3ncccc23)CC1F. The van der Waals surface area contributed by atoms with E-state index in [0.29, 0.717) is 50.8 Å². The van der Waals surface area contributed by atoms with Crippen LogP contribution in [0, 0.1) is 0 Å². The Labute approximate surface area is 565 Å². The number of alkyl halides is 16. The Hall–Kier alpha value is -8.30. The molecule has 2 amide bonds. The van der Waals surface area contributed by atoms with Gasteiger partial charge >= 0.3 is 36.9 Å². The van der Waals surface area contributed by atoms with Gasteiger partial charge < -0.3 is 51.6 Å². The number of fused-ring (bicyclic) bond motifs is 4. The van der Waals surface area contributed by atoms with Crippen LogP contribution in [0.15, 0.2) is 126 Å². The van der Waals surface area contributed by atoms with Gasteiger partial charge in [-0.2, -0.15) is 52.7 Å². The standard InChI is InChI=1S/C19H21F4N3O2.2C14H13F4N3.C10H5BrF3N.C9H17FN2O2/c1-18(2,3)28-17(27)25-14-10-26(9-13(14)20)15-7-6-12(19(21,22)23)16-11(15)5-4-8-24-16;2*15-10-6-21(7-11(10)19)12-4-3-9(14(16,17)18)13-8(12)2-1-5-20-13;11-8-4-3-7(10(12,13)14)9-6(8)2-1-5-15-9;1-9(2,3)14-8(13)12-7-5-11-4-6(7)10/h4-8,13-14H,9-10H2,1-3H3,(H,25,27);2*1-5,10-11H,6-7,19H2;1-5H;6-7,11H,4-5H2,1-3H3,(H,12,13). The van der Waals surface area contributed by atoms with E-state index in [1.54, 1.807) is 92.6 Å². The summed E-state index contributed by atoms with van der Waals surface area (Å²) >= 11 is 3.19. The van der Waals surface area contributed by atoms with E-state index < -0.39 is 119 Å². The second-order valence-corrected chi connectivity index (χ2v) is 26.2. The first kappa shape index (κ1) is 76.5. The second kappa shape index (κ2) is 30.7. The number of amides is 2. The number of hydrogen-bond acceptors (Lipinski definition) is 14. The van der Waals surface area contributed by atoms with Crippen molar-refractivity contribution in [2.45, 2.75) is 126 Å². The number of pyridine rings is 4. The lowest BCUT2D eigenvalue weighted by Gasteiger charge is -2.23. The lowest BCUT2D eigenvalue weighted by atomic mass is 10.1. The van der Waals surface area contributed by atoms with Crippen molar-refractivity contribution in [2.75, 3.05) is 67.1 Å². The Bertz CT molecular complexity index is 3980. The Morgan fingerprint density at radius 1 is 0.434 bits per heavy atom. The number of nitrogens with one attached hydrogen (secondary N) is 3. The average molecular weight is 1480 g/mol. The third-order valence-electron chi connectivity index (χ3n) is 15.6. The third-order valence-corrected chi connectivity index (χ3v) is 16.3. The van der Waals surface area contributed by atoms with Crippen LogP contribution in [0.4, 0.5) is 96.9 Å². The van der Waals surface area contributed by atoms with Crippen LogP contribution in [-0.2, 0) is 34.2 Å². The topological polar surface area (TPSA) is 202 Å². The summed E-state index contributed by atoms with van der Waals surface area (Å²) in [6.45, 7) is 11.9. The van der Waals surface area contributed by atoms with Gasteiger partial charge in [0.15, 0.2) is 0 Å². The highest BCUT2D eigenvalue weighted by atomic mass is 79.9. The van der Waals surface area contributed by atoms with E-state index in [1.807, 2.05) is 0 Å². The zero-order valence-electron chi connectivity index (χ0n) is 53.7. The summed E-state index contributed by atoms with van der Waals surface area (Å²) < 4.78 is 221. The molecule has 8 unspecified atom stereocenters. The van der Waals surface area contributed by atoms with Gasteiger partial charge in [0, 0.05) is 101 Å². The first-order chi connectivity index (χ1) is 46.1. The van der Waals surface area contributed by atoms with Crippen LogP contribution in [-0.4, -0.2) is 145 Å². The van der Waals surface area contributed by atoms with Gasteiger partial charge in [-0.05, 0) is 133 Å². The van der Waals surface area contributed by atoms with Crippen LogP contribution in [0.3, 0.4) is 0 Å². The predicted molar refractivity (Wildman–Crippen MR) is 346 cm³/mol. The van der Waals surface area contributed by atoms with Gasteiger partial charge in [-0.25, -0.2) is 27.2 Å². The van der Waals surface area contributed by atoms with Crippen LogP contribution < -0.4 is 42.1 Å². The number of aromatic nitrogens is 4. The number of nitrogens with zero attached hydrogens (tertiary/aromatic N) is 7. The van der Waals surface area contributed by atoms with E-state index >= 15 is 0 Å². The summed E-state index contributed by atoms with van der Waals surface area (Å²) in [7, 11) is 0. The number of benzene rings is 4. The van der Waals surface area contributed by atoms with Crippen molar-refractivity contribution < 1.29 is 89.3 Å². The lowest BCUT2D eigenvalue weighted by Crippen LogP contribution is -2.44. The average Bonchev–Trinajstić information content (AvgIpc) is 1.75. The van der Waals surface area contributed by atoms with Crippen molar-refractivity contribution in [1.82, 2.24) is 35.9 Å². The van der Waals surface area contributed by atoms with Crippen molar-refractivity contribution in [2.24, 2.45) is 11.5 Å². The molecule has 8 atom stereocenters. The first-order valence-corrected chi connectivity index (χ1v) is 31.4. The molecule has 33 heteroatoms. The number of nitrogens with two attached hydrogens (primary N) is 2. The molecule has 4 fully saturated rings. The fraction of sp³-hybridized carbons (Fsp3) is 0.424. The third kappa shape index (κ3) is 19.6. The van der Waals surface area contributed by atoms with E-state index in [0.717, 1.165) is 24.3 Å². The smallest absolute Gasteiger partial charge is 0.418 e. The number of hydrogen-bond donors (Lipinski definition) is 5. The van der Waals surface area contributed by atoms with Crippen molar-refractivity contribution >= 4 is 88.8 Å². The molecule has 0 radical (unpaired) electrons. The van der Waals surface area contributed by atoms with Gasteiger partial charge in [-0.3, -0.25) is 19.9 Å². The Kier molecular flexibility index (Phi) is 23.7. The summed E-state index contributed by atoms with van der Waals surface area (Å²) in [5.41, 5.74) is 7.91. The van der Waals surface area contributed by atoms with Crippen LogP contribution in [0.2, 0.25) is 0 Å². The van der Waals surface area contributed by atoms with Crippen molar-refractivity contribution in [3.63, 3.8) is 0 Å². The fourth-order valence-electron chi connectivity index (χ4n) is 11.1. The number of ether oxygens (including phenoxy) is 2. The highest BCUT2D eigenvalue weighted by Crippen LogP contribution is 2.43. The lowest BCUT2D eigenvalue weighted by molar-refractivity contribution is -0.137. The molecule has 12 rings (SSSR count). The number of halogens is 17. The number of rotatable bonds is 5. The minimum absolute atomic E-state index is 0.0284. The molecular formula is C66H69BrF16N12O4. The molecule has 8 aromatic rings. The Morgan fingerprint density at radius 2 is 0.747 bits per heavy atom. The summed E-state index contributed by atoms with van der Waals surface area (Å²) in [5, 5.41) is 9.28. The van der Waals surface area contributed by atoms with E-state index in [2.05, 4.69) is 51.8 Å². The normalized spacial score (nSPS) is 21.2. The van der Waals surface area contributed by atoms with Crippen LogP contribution in [0.1, 0.15) is 63.8 Å². The highest BCUT2D eigenvalue weighted by molar-refractivity contribution is 9.10. The maximum Gasteiger partial charge on any atom is 0.418 e. The number of carbonyl (C=O) groups is 2. The Morgan fingerprint density at radius 3 is 1.06 bits per heavy atom. The van der Waals surface area contributed by atoms with E-state index in [9.17, 15) is 79.8 Å². The summed E-state index contributed by atoms with van der Waals surface area (Å²) in [6.07, 6.45) is -18.7. The summed E-state index contributed by atoms with van der Waals surface area (Å²) in [5.74, 6) is 0. The van der Waals surface area contributed by atoms with Crippen molar-refractivity contribution in [1.29, 1.82) is 0 Å². The van der Waals surface area contributed by atoms with Crippen molar-refractivity contribution in [3.05, 3.63) is 149 Å². The molecule has 0 bridgehead atoms. The molecule has 7 N–H and O–H groups in total. The van der Waals surface area contributed by atoms with Gasteiger partial charge in [0.05, 0.1) is 88.1 Å². The quantitative estimate of drug-likeness (QED) is 0.102. The molecule has 8 heterocycles. The molecule has 16 nitrogen and oxygen atoms in total. The molecular weight excluding hydrogens is 1410 g/mol. The number of alkyl carbamates (subject to hydrolysis) is 2. The van der Waals surface area contributed by atoms with E-state index in [4.69, 9.17) is 20.9 Å². The zero-order valence-corrected chi connectivity index (χ0v) is 55.3. The van der Waals surface area contributed by atoms with E-state index in [1.165, 1.54) is 61.2 Å². The van der Waals surface area contributed by atoms with Gasteiger partial charge in [0.2, 0.25) is 0 Å². The van der Waals surface area contributed by atoms with Crippen molar-refractivity contribution in [3.8, 4) is 0 Å². The number of carbonyl (C=O) groups excluding carboxylic acids is 2. The molecule has 4 aliphatic heterocycles. The minimum atomic E-state index is -4.54. The summed E-state index contributed by atoms with van der Waals surface area (Å²) in [6, 6.07) is 19.3. The number of anilines is 3. The van der Waals surface area contributed by atoms with Gasteiger partial charge in [-0.15, -0.1) is 0 Å². The predicted octanol–water partition coefficient (Wildman–Crippen LogP) is 14.6. The van der Waals surface area contributed by atoms with Gasteiger partial charge in [0.25, 0.3) is 0 Å². The van der Waals surface area contributed by atoms with Crippen LogP contribution in [0.25, 0.3) is 43.6 Å². The largest absolute Gasteiger partial charge is 0.444 e. The van der Waals surface area contributed by atoms with Gasteiger partial charge in [0.1, 0.15) is 35.9 Å². The molecule has 4 aliphatic rings. The molecule has 0 saturated carbocycles. The molecule has 0 aliphatic carbocycles. The maximum atomic E-state index is 14.5. The first-order valence-electron chi connectivity index (χ1n) is 30.6. The van der Waals surface area contributed by atoms with Crippen LogP contribution >= 0.6 is 15.9 Å². The molecule has 0 spiro atoms. The molecule has 4 aromatic heterocycles. The molecule has 99 heavy (non-hydrogen) atoms. The molecule has 4 aromatic carbocycles. The summed E-state index contributed by atoms with van der Waals surface area (Å²) in [4.78, 5) is 43.4. The second-order valence-electron chi connectivity index (χ2n) is 25.4. The highest BCUT2D eigenvalue weighted by Gasteiger charge is 2.41. The maximum absolute atomic E-state index is 14.5. The van der Waals surface area contributed by atoms with Crippen LogP contribution in [0.5, 0.6) is 0 Å². The monoisotopic (exact) mass is 1480 g/mol.